The molecule has 7 heteroatoms. The third-order valence-corrected chi connectivity index (χ3v) is 5.28. The van der Waals surface area contributed by atoms with Crippen molar-refractivity contribution < 1.29 is 24.2 Å². The smallest absolute Gasteiger partial charge is 0.341 e. The van der Waals surface area contributed by atoms with E-state index >= 15 is 0 Å². The number of fused-ring (bicyclic) bond motifs is 1. The van der Waals surface area contributed by atoms with Gasteiger partial charge in [0.2, 0.25) is 0 Å². The molecule has 0 saturated carbocycles. The van der Waals surface area contributed by atoms with E-state index < -0.39 is 18.5 Å². The molecule has 0 spiro atoms. The summed E-state index contributed by atoms with van der Waals surface area (Å²) in [5.74, 6) is -1.00. The summed E-state index contributed by atoms with van der Waals surface area (Å²) in [6.07, 6.45) is 1.53. The maximum atomic E-state index is 12.2. The van der Waals surface area contributed by atoms with Crippen molar-refractivity contribution in [3.05, 3.63) is 76.5 Å². The van der Waals surface area contributed by atoms with Gasteiger partial charge in [-0.3, -0.25) is 0 Å². The lowest BCUT2D eigenvalue weighted by Crippen LogP contribution is -2.10. The number of rotatable bonds is 8. The fraction of sp³-hybridized carbons (Fsp3) is 0.217. The SMILES string of the molecule is C=CCOC(=O)c1ccc2c(c1)c(C)c(C)n2Cc1cc(OCC(=O)O)ccc1Cl. The number of benzene rings is 2. The minimum atomic E-state index is -1.04. The fourth-order valence-electron chi connectivity index (χ4n) is 3.28. The van der Waals surface area contributed by atoms with Crippen molar-refractivity contribution in [3.8, 4) is 5.75 Å². The molecule has 2 aromatic carbocycles. The molecule has 6 nitrogen and oxygen atoms in total. The number of halogens is 1. The molecule has 3 aromatic rings. The predicted molar refractivity (Wildman–Crippen MR) is 116 cm³/mol. The van der Waals surface area contributed by atoms with Gasteiger partial charge in [-0.15, -0.1) is 0 Å². The average molecular weight is 428 g/mol. The van der Waals surface area contributed by atoms with E-state index in [1.165, 1.54) is 6.08 Å². The first-order valence-electron chi connectivity index (χ1n) is 9.32. The number of carboxylic acid groups (broad SMARTS) is 1. The Morgan fingerprint density at radius 1 is 1.20 bits per heavy atom. The standard InChI is InChI=1S/C23H22ClNO5/c1-4-9-29-23(28)16-5-8-21-19(11-16)14(2)15(3)25(21)12-17-10-18(6-7-20(17)24)30-13-22(26)27/h4-8,10-11H,1,9,12-13H2,2-3H3,(H,26,27). The van der Waals surface area contributed by atoms with Gasteiger partial charge in [0, 0.05) is 28.2 Å². The number of carbonyl (C=O) groups excluding carboxylic acids is 1. The number of aryl methyl sites for hydroxylation is 1. The zero-order valence-electron chi connectivity index (χ0n) is 16.8. The number of carboxylic acids is 1. The van der Waals surface area contributed by atoms with Crippen molar-refractivity contribution >= 4 is 34.4 Å². The molecule has 1 aromatic heterocycles. The second-order valence-electron chi connectivity index (χ2n) is 6.85. The molecular formula is C23H22ClNO5. The molecule has 0 bridgehead atoms. The summed E-state index contributed by atoms with van der Waals surface area (Å²) >= 11 is 6.38. The molecule has 0 aliphatic rings. The lowest BCUT2D eigenvalue weighted by molar-refractivity contribution is -0.139. The zero-order chi connectivity index (χ0) is 21.8. The van der Waals surface area contributed by atoms with Gasteiger partial charge < -0.3 is 19.1 Å². The Hall–Kier alpha value is -3.25. The Bertz CT molecular complexity index is 1130. The second-order valence-corrected chi connectivity index (χ2v) is 7.26. The van der Waals surface area contributed by atoms with E-state index in [0.29, 0.717) is 22.9 Å². The van der Waals surface area contributed by atoms with Gasteiger partial charge in [-0.25, -0.2) is 9.59 Å². The zero-order valence-corrected chi connectivity index (χ0v) is 17.5. The molecule has 156 valence electrons. The van der Waals surface area contributed by atoms with Crippen molar-refractivity contribution in [2.75, 3.05) is 13.2 Å². The summed E-state index contributed by atoms with van der Waals surface area (Å²) in [6.45, 7) is 7.77. The highest BCUT2D eigenvalue weighted by Gasteiger charge is 2.16. The molecule has 3 rings (SSSR count). The van der Waals surface area contributed by atoms with E-state index in [2.05, 4.69) is 11.1 Å². The lowest BCUT2D eigenvalue weighted by atomic mass is 10.1. The molecular weight excluding hydrogens is 406 g/mol. The Balaban J connectivity index is 1.96. The van der Waals surface area contributed by atoms with Crippen LogP contribution in [0, 0.1) is 13.8 Å². The number of nitrogens with zero attached hydrogens (tertiary/aromatic N) is 1. The van der Waals surface area contributed by atoms with Crippen LogP contribution in [0.2, 0.25) is 5.02 Å². The number of ether oxygens (including phenoxy) is 2. The van der Waals surface area contributed by atoms with Crippen LogP contribution < -0.4 is 4.74 Å². The second kappa shape index (κ2) is 9.05. The quantitative estimate of drug-likeness (QED) is 0.414. The van der Waals surface area contributed by atoms with Crippen LogP contribution in [0.5, 0.6) is 5.75 Å². The van der Waals surface area contributed by atoms with Crippen molar-refractivity contribution in [1.29, 1.82) is 0 Å². The highest BCUT2D eigenvalue weighted by molar-refractivity contribution is 6.31. The summed E-state index contributed by atoms with van der Waals surface area (Å²) in [5, 5.41) is 10.3. The van der Waals surface area contributed by atoms with Gasteiger partial charge in [0.1, 0.15) is 12.4 Å². The van der Waals surface area contributed by atoms with Crippen LogP contribution in [0.4, 0.5) is 0 Å². The van der Waals surface area contributed by atoms with Gasteiger partial charge in [0.15, 0.2) is 6.61 Å². The molecule has 0 saturated heterocycles. The monoisotopic (exact) mass is 427 g/mol. The van der Waals surface area contributed by atoms with Crippen molar-refractivity contribution in [1.82, 2.24) is 4.57 Å². The fourth-order valence-corrected chi connectivity index (χ4v) is 3.45. The summed E-state index contributed by atoms with van der Waals surface area (Å²) < 4.78 is 12.5. The lowest BCUT2D eigenvalue weighted by Gasteiger charge is -2.12. The van der Waals surface area contributed by atoms with Crippen molar-refractivity contribution in [3.63, 3.8) is 0 Å². The van der Waals surface area contributed by atoms with Crippen LogP contribution in [0.15, 0.2) is 49.1 Å². The maximum Gasteiger partial charge on any atom is 0.341 e. The van der Waals surface area contributed by atoms with E-state index in [4.69, 9.17) is 26.2 Å². The topological polar surface area (TPSA) is 77.8 Å². The Morgan fingerprint density at radius 3 is 2.67 bits per heavy atom. The summed E-state index contributed by atoms with van der Waals surface area (Å²) in [7, 11) is 0. The normalized spacial score (nSPS) is 10.8. The van der Waals surface area contributed by atoms with Gasteiger partial charge in [0.25, 0.3) is 0 Å². The van der Waals surface area contributed by atoms with E-state index in [-0.39, 0.29) is 6.61 Å². The summed E-state index contributed by atoms with van der Waals surface area (Å²) in [6, 6.07) is 10.5. The molecule has 1 heterocycles. The van der Waals surface area contributed by atoms with E-state index in [9.17, 15) is 9.59 Å². The average Bonchev–Trinajstić information content (AvgIpc) is 2.96. The Kier molecular flexibility index (Phi) is 6.47. The first-order chi connectivity index (χ1) is 14.3. The van der Waals surface area contributed by atoms with Gasteiger partial charge in [0.05, 0.1) is 5.56 Å². The number of aliphatic carboxylic acids is 1. The maximum absolute atomic E-state index is 12.2. The molecule has 0 amide bonds. The van der Waals surface area contributed by atoms with Crippen LogP contribution in [0.25, 0.3) is 10.9 Å². The number of carbonyl (C=O) groups is 2. The minimum absolute atomic E-state index is 0.161. The molecule has 1 N–H and O–H groups in total. The van der Waals surface area contributed by atoms with Crippen molar-refractivity contribution in [2.24, 2.45) is 0 Å². The van der Waals surface area contributed by atoms with E-state index in [1.54, 1.807) is 24.3 Å². The number of esters is 1. The summed E-state index contributed by atoms with van der Waals surface area (Å²) in [5.41, 5.74) is 4.33. The molecule has 0 fully saturated rings. The third kappa shape index (κ3) is 4.49. The Labute approximate surface area is 179 Å². The highest BCUT2D eigenvalue weighted by Crippen LogP contribution is 2.30. The highest BCUT2D eigenvalue weighted by atomic mass is 35.5. The number of aromatic nitrogens is 1. The summed E-state index contributed by atoms with van der Waals surface area (Å²) in [4.78, 5) is 22.9. The van der Waals surface area contributed by atoms with E-state index in [1.807, 2.05) is 26.0 Å². The Morgan fingerprint density at radius 2 is 1.97 bits per heavy atom. The van der Waals surface area contributed by atoms with Gasteiger partial charge >= 0.3 is 11.9 Å². The van der Waals surface area contributed by atoms with Crippen molar-refractivity contribution in [2.45, 2.75) is 20.4 Å². The molecule has 0 aliphatic heterocycles. The minimum Gasteiger partial charge on any atom is -0.482 e. The molecule has 0 aliphatic carbocycles. The third-order valence-electron chi connectivity index (χ3n) is 4.91. The molecule has 0 radical (unpaired) electrons. The largest absolute Gasteiger partial charge is 0.482 e. The van der Waals surface area contributed by atoms with Crippen LogP contribution >= 0.6 is 11.6 Å². The van der Waals surface area contributed by atoms with Crippen LogP contribution in [0.3, 0.4) is 0 Å². The number of hydrogen-bond donors (Lipinski definition) is 1. The first kappa shape index (κ1) is 21.5. The van der Waals surface area contributed by atoms with Gasteiger partial charge in [-0.05, 0) is 61.4 Å². The van der Waals surface area contributed by atoms with Gasteiger partial charge in [-0.1, -0.05) is 24.3 Å². The van der Waals surface area contributed by atoms with E-state index in [0.717, 1.165) is 27.7 Å². The van der Waals surface area contributed by atoms with Crippen LogP contribution in [-0.2, 0) is 16.1 Å². The first-order valence-corrected chi connectivity index (χ1v) is 9.70. The van der Waals surface area contributed by atoms with Gasteiger partial charge in [-0.2, -0.15) is 0 Å². The predicted octanol–water partition coefficient (Wildman–Crippen LogP) is 4.77. The number of hydrogen-bond acceptors (Lipinski definition) is 4. The molecule has 0 atom stereocenters. The van der Waals surface area contributed by atoms with Crippen LogP contribution in [0.1, 0.15) is 27.2 Å². The molecule has 0 unspecified atom stereocenters. The molecule has 30 heavy (non-hydrogen) atoms. The van der Waals surface area contributed by atoms with Crippen LogP contribution in [-0.4, -0.2) is 34.8 Å².